The monoisotopic (exact) mass is 436 g/mol. The van der Waals surface area contributed by atoms with Crippen molar-refractivity contribution in [3.05, 3.63) is 70.5 Å². The van der Waals surface area contributed by atoms with Gasteiger partial charge >= 0.3 is 0 Å². The number of amides is 1. The summed E-state index contributed by atoms with van der Waals surface area (Å²) in [6, 6.07) is 18.2. The Morgan fingerprint density at radius 3 is 2.71 bits per heavy atom. The summed E-state index contributed by atoms with van der Waals surface area (Å²) in [5, 5.41) is 7.26. The van der Waals surface area contributed by atoms with Gasteiger partial charge in [0.25, 0.3) is 0 Å². The average Bonchev–Trinajstić information content (AvgIpc) is 3.42. The van der Waals surface area contributed by atoms with Gasteiger partial charge < -0.3 is 9.64 Å². The number of benzene rings is 2. The van der Waals surface area contributed by atoms with Crippen LogP contribution in [-0.4, -0.2) is 44.8 Å². The largest absolute Gasteiger partial charge is 0.376 e. The molecule has 1 aliphatic rings. The van der Waals surface area contributed by atoms with E-state index in [0.717, 1.165) is 36.4 Å². The van der Waals surface area contributed by atoms with Crippen molar-refractivity contribution in [2.24, 2.45) is 0 Å². The van der Waals surface area contributed by atoms with Crippen LogP contribution < -0.4 is 0 Å². The van der Waals surface area contributed by atoms with Crippen LogP contribution in [0.15, 0.2) is 54.6 Å². The number of nitrogens with zero attached hydrogens (tertiary/aromatic N) is 3. The van der Waals surface area contributed by atoms with E-state index in [1.807, 2.05) is 51.9 Å². The number of carbonyl (C=O) groups excluding carboxylic acids is 1. The molecule has 0 saturated carbocycles. The summed E-state index contributed by atoms with van der Waals surface area (Å²) in [6.45, 7) is 4.52. The van der Waals surface area contributed by atoms with Gasteiger partial charge in [-0.15, -0.1) is 0 Å². The lowest BCUT2D eigenvalue weighted by Crippen LogP contribution is -2.37. The van der Waals surface area contributed by atoms with Gasteiger partial charge in [-0.2, -0.15) is 5.10 Å². The third-order valence-electron chi connectivity index (χ3n) is 5.63. The van der Waals surface area contributed by atoms with E-state index in [9.17, 15) is 4.79 Å². The number of hydrogen-bond acceptors (Lipinski definition) is 4. The predicted molar refractivity (Wildman–Crippen MR) is 123 cm³/mol. The van der Waals surface area contributed by atoms with Gasteiger partial charge in [-0.05, 0) is 37.5 Å². The molecular formula is C24H28N4O2S. The first kappa shape index (κ1) is 21.5. The van der Waals surface area contributed by atoms with Gasteiger partial charge in [0.15, 0.2) is 10.6 Å². The van der Waals surface area contributed by atoms with Crippen molar-refractivity contribution in [2.45, 2.75) is 45.4 Å². The minimum Gasteiger partial charge on any atom is -0.376 e. The van der Waals surface area contributed by atoms with E-state index < -0.39 is 0 Å². The Bertz CT molecular complexity index is 1050. The summed E-state index contributed by atoms with van der Waals surface area (Å²) in [7, 11) is 0. The zero-order valence-electron chi connectivity index (χ0n) is 17.8. The molecule has 0 aliphatic carbocycles. The third-order valence-corrected chi connectivity index (χ3v) is 5.95. The summed E-state index contributed by atoms with van der Waals surface area (Å²) in [4.78, 5) is 15.1. The molecule has 1 aromatic heterocycles. The Morgan fingerprint density at radius 2 is 2.00 bits per heavy atom. The Kier molecular flexibility index (Phi) is 6.94. The number of aromatic amines is 1. The van der Waals surface area contributed by atoms with Crippen LogP contribution in [0.2, 0.25) is 0 Å². The van der Waals surface area contributed by atoms with Crippen LogP contribution in [0.3, 0.4) is 0 Å². The fourth-order valence-electron chi connectivity index (χ4n) is 3.91. The summed E-state index contributed by atoms with van der Waals surface area (Å²) < 4.78 is 8.23. The van der Waals surface area contributed by atoms with Crippen molar-refractivity contribution in [2.75, 3.05) is 13.2 Å². The van der Waals surface area contributed by atoms with Crippen LogP contribution in [0.4, 0.5) is 0 Å². The molecular weight excluding hydrogens is 408 g/mol. The van der Waals surface area contributed by atoms with Crippen LogP contribution in [0, 0.1) is 11.7 Å². The topological polar surface area (TPSA) is 63.2 Å². The number of aromatic nitrogens is 3. The molecule has 1 N–H and O–H groups in total. The van der Waals surface area contributed by atoms with Crippen molar-refractivity contribution in [3.63, 3.8) is 0 Å². The number of nitrogens with one attached hydrogen (secondary N) is 1. The van der Waals surface area contributed by atoms with E-state index in [0.29, 0.717) is 30.8 Å². The smallest absolute Gasteiger partial charge is 0.224 e. The van der Waals surface area contributed by atoms with Crippen molar-refractivity contribution in [3.8, 4) is 11.4 Å². The normalized spacial score (nSPS) is 15.8. The number of hydrogen-bond donors (Lipinski definition) is 1. The van der Waals surface area contributed by atoms with Gasteiger partial charge in [-0.1, -0.05) is 60.2 Å². The van der Waals surface area contributed by atoms with Gasteiger partial charge in [-0.3, -0.25) is 14.5 Å². The molecule has 3 aromatic rings. The molecule has 1 amide bonds. The van der Waals surface area contributed by atoms with E-state index in [-0.39, 0.29) is 12.0 Å². The second-order valence-electron chi connectivity index (χ2n) is 8.01. The maximum Gasteiger partial charge on any atom is 0.224 e. The Balaban J connectivity index is 1.48. The Labute approximate surface area is 187 Å². The molecule has 1 atom stereocenters. The fourth-order valence-corrected chi connectivity index (χ4v) is 4.13. The highest BCUT2D eigenvalue weighted by Crippen LogP contribution is 2.20. The lowest BCUT2D eigenvalue weighted by atomic mass is 10.1. The van der Waals surface area contributed by atoms with E-state index >= 15 is 0 Å². The first-order valence-electron chi connectivity index (χ1n) is 10.8. The van der Waals surface area contributed by atoms with E-state index in [2.05, 4.69) is 29.3 Å². The standard InChI is InChI=1S/C24H28N4O2S/c1-18-9-11-20(12-10-18)23-25-26-24(31)28(23)14-13-22(29)27(17-21-8-5-15-30-21)16-19-6-3-2-4-7-19/h2-4,6-7,9-12,21H,5,8,13-17H2,1H3,(H,26,31). The van der Waals surface area contributed by atoms with Crippen LogP contribution in [-0.2, 0) is 22.6 Å². The van der Waals surface area contributed by atoms with Gasteiger partial charge in [0.05, 0.1) is 6.10 Å². The van der Waals surface area contributed by atoms with Crippen molar-refractivity contribution in [1.82, 2.24) is 19.7 Å². The molecule has 4 rings (SSSR count). The van der Waals surface area contributed by atoms with E-state index in [4.69, 9.17) is 17.0 Å². The minimum absolute atomic E-state index is 0.0947. The number of carbonyl (C=O) groups is 1. The minimum atomic E-state index is 0.0947. The lowest BCUT2D eigenvalue weighted by molar-refractivity contribution is -0.133. The average molecular weight is 437 g/mol. The fraction of sp³-hybridized carbons (Fsp3) is 0.375. The molecule has 0 spiro atoms. The molecule has 1 saturated heterocycles. The maximum absolute atomic E-state index is 13.2. The molecule has 1 unspecified atom stereocenters. The van der Waals surface area contributed by atoms with Crippen LogP contribution in [0.5, 0.6) is 0 Å². The van der Waals surface area contributed by atoms with Crippen LogP contribution in [0.1, 0.15) is 30.4 Å². The second-order valence-corrected chi connectivity index (χ2v) is 8.40. The van der Waals surface area contributed by atoms with Crippen LogP contribution >= 0.6 is 12.2 Å². The van der Waals surface area contributed by atoms with Gasteiger partial charge in [0.2, 0.25) is 5.91 Å². The van der Waals surface area contributed by atoms with Gasteiger partial charge in [0, 0.05) is 38.2 Å². The van der Waals surface area contributed by atoms with Gasteiger partial charge in [-0.25, -0.2) is 0 Å². The summed E-state index contributed by atoms with van der Waals surface area (Å²) in [5.74, 6) is 0.851. The molecule has 2 aromatic carbocycles. The van der Waals surface area contributed by atoms with Gasteiger partial charge in [0.1, 0.15) is 0 Å². The maximum atomic E-state index is 13.2. The Morgan fingerprint density at radius 1 is 1.23 bits per heavy atom. The number of ether oxygens (including phenoxy) is 1. The summed E-state index contributed by atoms with van der Waals surface area (Å²) >= 11 is 5.44. The molecule has 31 heavy (non-hydrogen) atoms. The molecule has 162 valence electrons. The highest BCUT2D eigenvalue weighted by Gasteiger charge is 2.23. The quantitative estimate of drug-likeness (QED) is 0.528. The molecule has 6 nitrogen and oxygen atoms in total. The molecule has 1 aliphatic heterocycles. The Hall–Kier alpha value is -2.77. The zero-order chi connectivity index (χ0) is 21.6. The number of aryl methyl sites for hydroxylation is 1. The number of rotatable bonds is 8. The summed E-state index contributed by atoms with van der Waals surface area (Å²) in [5.41, 5.74) is 3.28. The highest BCUT2D eigenvalue weighted by molar-refractivity contribution is 7.71. The third kappa shape index (κ3) is 5.48. The first-order chi connectivity index (χ1) is 15.1. The molecule has 7 heteroatoms. The van der Waals surface area contributed by atoms with Crippen molar-refractivity contribution in [1.29, 1.82) is 0 Å². The second kappa shape index (κ2) is 10.0. The zero-order valence-corrected chi connectivity index (χ0v) is 18.6. The SMILES string of the molecule is Cc1ccc(-c2n[nH]c(=S)n2CCC(=O)N(Cc2ccccc2)CC2CCCO2)cc1. The first-order valence-corrected chi connectivity index (χ1v) is 11.2. The number of H-pyrrole nitrogens is 1. The van der Waals surface area contributed by atoms with E-state index in [1.165, 1.54) is 5.56 Å². The van der Waals surface area contributed by atoms with Crippen molar-refractivity contribution < 1.29 is 9.53 Å². The molecule has 0 radical (unpaired) electrons. The molecule has 2 heterocycles. The lowest BCUT2D eigenvalue weighted by Gasteiger charge is -2.26. The van der Waals surface area contributed by atoms with Crippen LogP contribution in [0.25, 0.3) is 11.4 Å². The summed E-state index contributed by atoms with van der Waals surface area (Å²) in [6.07, 6.45) is 2.53. The molecule has 1 fully saturated rings. The highest BCUT2D eigenvalue weighted by atomic mass is 32.1. The van der Waals surface area contributed by atoms with E-state index in [1.54, 1.807) is 0 Å². The molecule has 0 bridgehead atoms. The predicted octanol–water partition coefficient (Wildman–Crippen LogP) is 4.51. The van der Waals surface area contributed by atoms with Crippen molar-refractivity contribution >= 4 is 18.1 Å².